The summed E-state index contributed by atoms with van der Waals surface area (Å²) in [6.45, 7) is 1.84. The Morgan fingerprint density at radius 3 is 2.00 bits per heavy atom. The predicted octanol–water partition coefficient (Wildman–Crippen LogP) is 7.19. The quantitative estimate of drug-likeness (QED) is 0.407. The molecule has 0 saturated carbocycles. The zero-order chi connectivity index (χ0) is 23.8. The molecule has 0 atom stereocenters. The van der Waals surface area contributed by atoms with Crippen LogP contribution in [0.5, 0.6) is 11.5 Å². The zero-order valence-corrected chi connectivity index (χ0v) is 16.2. The monoisotopic (exact) mass is 462 g/mol. The highest BCUT2D eigenvalue weighted by Gasteiger charge is 2.43. The van der Waals surface area contributed by atoms with Crippen molar-refractivity contribution in [3.63, 3.8) is 0 Å². The maximum Gasteiger partial charge on any atom is 0.432 e. The summed E-state index contributed by atoms with van der Waals surface area (Å²) in [5.74, 6) is -7.67. The Hall–Kier alpha value is -3.30. The maximum atomic E-state index is 15.0. The number of ether oxygens (including phenoxy) is 1. The fourth-order valence-corrected chi connectivity index (χ4v) is 3.04. The molecule has 0 saturated heterocycles. The number of benzene rings is 3. The summed E-state index contributed by atoms with van der Waals surface area (Å²) in [4.78, 5) is 0. The van der Waals surface area contributed by atoms with Gasteiger partial charge in [0.25, 0.3) is 0 Å². The molecular weight excluding hydrogens is 448 g/mol. The number of halogens is 8. The van der Waals surface area contributed by atoms with Gasteiger partial charge in [0.05, 0.1) is 11.1 Å². The van der Waals surface area contributed by atoms with Crippen molar-refractivity contribution >= 4 is 0 Å². The van der Waals surface area contributed by atoms with E-state index in [1.165, 1.54) is 12.1 Å². The Bertz CT molecular complexity index is 1140. The number of hydrogen-bond acceptors (Lipinski definition) is 2. The summed E-state index contributed by atoms with van der Waals surface area (Å²) in [5, 5.41) is 9.95. The van der Waals surface area contributed by atoms with E-state index in [0.717, 1.165) is 5.56 Å². The lowest BCUT2D eigenvalue weighted by molar-refractivity contribution is -0.189. The first-order valence-corrected chi connectivity index (χ1v) is 9.09. The van der Waals surface area contributed by atoms with Gasteiger partial charge in [0.15, 0.2) is 5.82 Å². The van der Waals surface area contributed by atoms with Crippen LogP contribution in [0.3, 0.4) is 0 Å². The fraction of sp³-hybridized carbons (Fsp3) is 0.182. The smallest absolute Gasteiger partial charge is 0.432 e. The highest BCUT2D eigenvalue weighted by atomic mass is 19.4. The normalized spacial score (nSPS) is 12.2. The summed E-state index contributed by atoms with van der Waals surface area (Å²) >= 11 is 0. The van der Waals surface area contributed by atoms with Gasteiger partial charge in [-0.05, 0) is 29.7 Å². The van der Waals surface area contributed by atoms with Crippen LogP contribution in [0, 0.1) is 17.5 Å². The Labute approximate surface area is 176 Å². The topological polar surface area (TPSA) is 29.5 Å². The van der Waals surface area contributed by atoms with Crippen LogP contribution >= 0.6 is 0 Å². The van der Waals surface area contributed by atoms with E-state index in [-0.39, 0.29) is 23.8 Å². The Morgan fingerprint density at radius 2 is 1.47 bits per heavy atom. The average molecular weight is 462 g/mol. The van der Waals surface area contributed by atoms with Gasteiger partial charge in [-0.3, -0.25) is 0 Å². The maximum absolute atomic E-state index is 15.0. The summed E-state index contributed by atoms with van der Waals surface area (Å²) in [6.07, 6.45) is -9.21. The van der Waals surface area contributed by atoms with Crippen LogP contribution in [-0.2, 0) is 18.7 Å². The molecule has 3 aromatic rings. The molecule has 3 rings (SSSR count). The van der Waals surface area contributed by atoms with Crippen molar-refractivity contribution < 1.29 is 45.0 Å². The Morgan fingerprint density at radius 1 is 0.844 bits per heavy atom. The van der Waals surface area contributed by atoms with Gasteiger partial charge < -0.3 is 9.84 Å². The molecule has 0 unspecified atom stereocenters. The predicted molar refractivity (Wildman–Crippen MR) is 98.8 cm³/mol. The van der Waals surface area contributed by atoms with Gasteiger partial charge in [-0.25, -0.2) is 13.2 Å². The molecule has 0 aliphatic carbocycles. The lowest BCUT2D eigenvalue weighted by atomic mass is 9.98. The van der Waals surface area contributed by atoms with Crippen molar-refractivity contribution in [1.29, 1.82) is 0 Å². The number of phenols is 1. The van der Waals surface area contributed by atoms with Crippen LogP contribution in [0.15, 0.2) is 48.5 Å². The molecule has 1 N–H and O–H groups in total. The lowest BCUT2D eigenvalue weighted by Crippen LogP contribution is -2.25. The molecule has 0 aliphatic heterocycles. The van der Waals surface area contributed by atoms with Gasteiger partial charge in [-0.1, -0.05) is 31.2 Å². The van der Waals surface area contributed by atoms with Crippen molar-refractivity contribution in [2.75, 3.05) is 0 Å². The molecule has 10 heteroatoms. The van der Waals surface area contributed by atoms with Gasteiger partial charge in [-0.2, -0.15) is 22.0 Å². The zero-order valence-electron chi connectivity index (χ0n) is 16.2. The molecule has 2 nitrogen and oxygen atoms in total. The van der Waals surface area contributed by atoms with Crippen molar-refractivity contribution in [1.82, 2.24) is 0 Å². The van der Waals surface area contributed by atoms with E-state index < -0.39 is 57.9 Å². The van der Waals surface area contributed by atoms with Crippen molar-refractivity contribution in [3.05, 3.63) is 82.7 Å². The van der Waals surface area contributed by atoms with Gasteiger partial charge in [0, 0.05) is 12.1 Å². The van der Waals surface area contributed by atoms with Crippen LogP contribution in [0.4, 0.5) is 35.1 Å². The Balaban J connectivity index is 2.05. The number of rotatable bonds is 5. The van der Waals surface area contributed by atoms with E-state index >= 15 is 0 Å². The summed E-state index contributed by atoms with van der Waals surface area (Å²) in [6, 6.07) is 6.61. The van der Waals surface area contributed by atoms with Crippen molar-refractivity contribution in [2.24, 2.45) is 0 Å². The molecule has 0 amide bonds. The van der Waals surface area contributed by atoms with Gasteiger partial charge in [-0.15, -0.1) is 0 Å². The average Bonchev–Trinajstić information content (AvgIpc) is 2.66. The molecule has 0 aliphatic rings. The third kappa shape index (κ3) is 4.49. The van der Waals surface area contributed by atoms with E-state index in [2.05, 4.69) is 4.74 Å². The number of aryl methyl sites for hydroxylation is 1. The Kier molecular flexibility index (Phi) is 6.08. The molecule has 0 aromatic heterocycles. The number of hydrogen-bond donors (Lipinski definition) is 1. The van der Waals surface area contributed by atoms with E-state index in [9.17, 15) is 40.2 Å². The van der Waals surface area contributed by atoms with Crippen LogP contribution in [0.1, 0.15) is 23.6 Å². The van der Waals surface area contributed by atoms with Gasteiger partial charge in [0.2, 0.25) is 0 Å². The molecule has 0 bridgehead atoms. The highest BCUT2D eigenvalue weighted by Crippen LogP contribution is 2.43. The van der Waals surface area contributed by atoms with Crippen LogP contribution in [0.25, 0.3) is 11.1 Å². The first-order chi connectivity index (χ1) is 14.8. The minimum absolute atomic E-state index is 0.0251. The molecular formula is C22H14F8O2. The number of alkyl halides is 5. The molecule has 32 heavy (non-hydrogen) atoms. The third-order valence-corrected chi connectivity index (χ3v) is 4.63. The van der Waals surface area contributed by atoms with Crippen molar-refractivity contribution in [3.8, 4) is 22.6 Å². The third-order valence-electron chi connectivity index (χ3n) is 4.63. The first kappa shape index (κ1) is 23.4. The molecule has 0 radical (unpaired) electrons. The summed E-state index contributed by atoms with van der Waals surface area (Å²) < 4.78 is 114. The summed E-state index contributed by atoms with van der Waals surface area (Å²) in [7, 11) is 0. The minimum Gasteiger partial charge on any atom is -0.507 e. The number of phenolic OH excluding ortho intramolecular Hbond substituents is 1. The SMILES string of the molecule is CCc1ccc(-c2c(O)cc(F)c(C(F)(F)Oc3ccc(C(F)(F)F)c(F)c3)c2F)cc1. The van der Waals surface area contributed by atoms with Gasteiger partial charge in [0.1, 0.15) is 28.7 Å². The van der Waals surface area contributed by atoms with Crippen molar-refractivity contribution in [2.45, 2.75) is 25.6 Å². The molecule has 170 valence electrons. The van der Waals surface area contributed by atoms with Gasteiger partial charge >= 0.3 is 12.3 Å². The second kappa shape index (κ2) is 8.33. The fourth-order valence-electron chi connectivity index (χ4n) is 3.04. The van der Waals surface area contributed by atoms with E-state index in [0.29, 0.717) is 12.5 Å². The molecule has 3 aromatic carbocycles. The minimum atomic E-state index is -5.08. The molecule has 0 spiro atoms. The van der Waals surface area contributed by atoms with E-state index in [1.54, 1.807) is 12.1 Å². The standard InChI is InChI=1S/C22H14F8O2/c1-2-11-3-5-12(6-4-11)18-17(31)10-16(24)19(20(18)25)22(29,30)32-13-7-8-14(15(23)9-13)21(26,27)28/h3-10,31H,2H2,1H3. The van der Waals surface area contributed by atoms with E-state index in [4.69, 9.17) is 0 Å². The summed E-state index contributed by atoms with van der Waals surface area (Å²) in [5.41, 5.74) is -3.56. The lowest BCUT2D eigenvalue weighted by Gasteiger charge is -2.21. The highest BCUT2D eigenvalue weighted by molar-refractivity contribution is 5.72. The molecule has 0 heterocycles. The number of aromatic hydroxyl groups is 1. The molecule has 0 fully saturated rings. The van der Waals surface area contributed by atoms with E-state index in [1.807, 2.05) is 6.92 Å². The van der Waals surface area contributed by atoms with Crippen LogP contribution in [-0.4, -0.2) is 5.11 Å². The second-order valence-electron chi connectivity index (χ2n) is 6.75. The largest absolute Gasteiger partial charge is 0.507 e. The first-order valence-electron chi connectivity index (χ1n) is 9.09. The van der Waals surface area contributed by atoms with Crippen LogP contribution < -0.4 is 4.74 Å². The van der Waals surface area contributed by atoms with Crippen LogP contribution in [0.2, 0.25) is 0 Å². The second-order valence-corrected chi connectivity index (χ2v) is 6.75.